The average Bonchev–Trinajstić information content (AvgIpc) is 2.59. The fourth-order valence-electron chi connectivity index (χ4n) is 1.83. The van der Waals surface area contributed by atoms with Crippen molar-refractivity contribution in [2.45, 2.75) is 31.7 Å². The first-order chi connectivity index (χ1) is 6.55. The molecule has 0 spiro atoms. The van der Waals surface area contributed by atoms with Crippen molar-refractivity contribution in [3.63, 3.8) is 0 Å². The molecule has 1 aromatic rings. The fourth-order valence-corrected chi connectivity index (χ4v) is 1.83. The lowest BCUT2D eigenvalue weighted by Crippen LogP contribution is -2.14. The summed E-state index contributed by atoms with van der Waals surface area (Å²) in [6.07, 6.45) is 1.88. The summed E-state index contributed by atoms with van der Waals surface area (Å²) in [7, 11) is 0. The quantitative estimate of drug-likeness (QED) is 0.786. The Hall–Kier alpha value is -1.20. The summed E-state index contributed by atoms with van der Waals surface area (Å²) in [6.45, 7) is 0.437. The van der Waals surface area contributed by atoms with Crippen molar-refractivity contribution in [3.8, 4) is 0 Å². The van der Waals surface area contributed by atoms with E-state index in [1.807, 2.05) is 0 Å². The van der Waals surface area contributed by atoms with Crippen LogP contribution in [0.4, 0.5) is 14.6 Å². The van der Waals surface area contributed by atoms with Gasteiger partial charge < -0.3 is 5.73 Å². The molecule has 1 fully saturated rings. The van der Waals surface area contributed by atoms with E-state index in [9.17, 15) is 8.78 Å². The van der Waals surface area contributed by atoms with Crippen LogP contribution >= 0.6 is 0 Å². The van der Waals surface area contributed by atoms with Crippen LogP contribution in [0.5, 0.6) is 0 Å². The van der Waals surface area contributed by atoms with Gasteiger partial charge in [0.15, 0.2) is 5.82 Å². The summed E-state index contributed by atoms with van der Waals surface area (Å²) in [6, 6.07) is 0. The first-order valence-corrected chi connectivity index (χ1v) is 4.59. The van der Waals surface area contributed by atoms with Gasteiger partial charge in [-0.2, -0.15) is 9.90 Å². The van der Waals surface area contributed by atoms with Gasteiger partial charge in [0.05, 0.1) is 12.7 Å². The van der Waals surface area contributed by atoms with Crippen molar-refractivity contribution in [1.29, 1.82) is 0 Å². The van der Waals surface area contributed by atoms with Crippen LogP contribution in [0.2, 0.25) is 0 Å². The maximum absolute atomic E-state index is 12.8. The molecule has 6 heteroatoms. The Morgan fingerprint density at radius 1 is 1.64 bits per heavy atom. The van der Waals surface area contributed by atoms with Crippen LogP contribution in [0.25, 0.3) is 0 Å². The zero-order valence-corrected chi connectivity index (χ0v) is 7.66. The third-order valence-electron chi connectivity index (χ3n) is 2.48. The lowest BCUT2D eigenvalue weighted by Gasteiger charge is -2.09. The second-order valence-corrected chi connectivity index (χ2v) is 3.79. The van der Waals surface area contributed by atoms with Crippen LogP contribution in [-0.4, -0.2) is 20.9 Å². The second-order valence-electron chi connectivity index (χ2n) is 3.79. The molecule has 1 aliphatic rings. The van der Waals surface area contributed by atoms with Gasteiger partial charge in [-0.1, -0.05) is 0 Å². The average molecular weight is 202 g/mol. The van der Waals surface area contributed by atoms with Crippen LogP contribution in [0.15, 0.2) is 6.20 Å². The predicted molar refractivity (Wildman–Crippen MR) is 46.7 cm³/mol. The highest BCUT2D eigenvalue weighted by Gasteiger charge is 2.39. The van der Waals surface area contributed by atoms with Gasteiger partial charge in [0.2, 0.25) is 5.92 Å². The molecule has 0 bridgehead atoms. The molecule has 1 unspecified atom stereocenters. The maximum atomic E-state index is 12.8. The molecule has 0 saturated heterocycles. The van der Waals surface area contributed by atoms with Gasteiger partial charge in [-0.3, -0.25) is 0 Å². The normalized spacial score (nSPS) is 25.4. The molecule has 1 atom stereocenters. The Balaban J connectivity index is 1.94. The van der Waals surface area contributed by atoms with Gasteiger partial charge in [0.25, 0.3) is 0 Å². The number of rotatable bonds is 2. The number of hydrogen-bond donors (Lipinski definition) is 1. The number of nitrogens with zero attached hydrogens (tertiary/aromatic N) is 3. The standard InChI is InChI=1S/C8H12F2N4/c9-8(10)2-1-6(3-8)5-14-12-4-7(11)13-14/h4,6H,1-3,5H2,(H2,11,13). The van der Waals surface area contributed by atoms with Gasteiger partial charge in [0.1, 0.15) is 0 Å². The summed E-state index contributed by atoms with van der Waals surface area (Å²) in [5.41, 5.74) is 5.36. The van der Waals surface area contributed by atoms with Crippen molar-refractivity contribution in [2.24, 2.45) is 5.92 Å². The summed E-state index contributed by atoms with van der Waals surface area (Å²) < 4.78 is 25.7. The van der Waals surface area contributed by atoms with Gasteiger partial charge in [-0.15, -0.1) is 5.10 Å². The molecule has 0 amide bonds. The molecule has 4 nitrogen and oxygen atoms in total. The molecule has 14 heavy (non-hydrogen) atoms. The number of halogens is 2. The van der Waals surface area contributed by atoms with E-state index in [4.69, 9.17) is 5.73 Å². The molecule has 0 aromatic carbocycles. The molecule has 1 heterocycles. The van der Waals surface area contributed by atoms with E-state index in [-0.39, 0.29) is 18.8 Å². The molecule has 1 aromatic heterocycles. The topological polar surface area (TPSA) is 56.7 Å². The van der Waals surface area contributed by atoms with Gasteiger partial charge in [-0.05, 0) is 12.3 Å². The Kier molecular flexibility index (Phi) is 2.13. The fraction of sp³-hybridized carbons (Fsp3) is 0.750. The minimum atomic E-state index is -2.50. The molecule has 2 rings (SSSR count). The van der Waals surface area contributed by atoms with E-state index in [1.165, 1.54) is 11.0 Å². The van der Waals surface area contributed by atoms with Crippen LogP contribution in [0, 0.1) is 5.92 Å². The Morgan fingerprint density at radius 2 is 2.43 bits per heavy atom. The number of nitrogen functional groups attached to an aromatic ring is 1. The van der Waals surface area contributed by atoms with Crippen LogP contribution in [-0.2, 0) is 6.54 Å². The number of nitrogens with two attached hydrogens (primary N) is 1. The lowest BCUT2D eigenvalue weighted by atomic mass is 10.1. The zero-order valence-electron chi connectivity index (χ0n) is 7.66. The van der Waals surface area contributed by atoms with E-state index < -0.39 is 5.92 Å². The number of aromatic nitrogens is 3. The zero-order chi connectivity index (χ0) is 10.2. The van der Waals surface area contributed by atoms with Gasteiger partial charge in [-0.25, -0.2) is 8.78 Å². The van der Waals surface area contributed by atoms with Crippen molar-refractivity contribution in [2.75, 3.05) is 5.73 Å². The van der Waals surface area contributed by atoms with Crippen LogP contribution < -0.4 is 5.73 Å². The molecule has 2 N–H and O–H groups in total. The predicted octanol–water partition coefficient (Wildman–Crippen LogP) is 1.30. The SMILES string of the molecule is Nc1cnn(CC2CCC(F)(F)C2)n1. The monoisotopic (exact) mass is 202 g/mol. The van der Waals surface area contributed by atoms with E-state index in [2.05, 4.69) is 10.2 Å². The molecule has 0 aliphatic heterocycles. The lowest BCUT2D eigenvalue weighted by molar-refractivity contribution is 0.00406. The van der Waals surface area contributed by atoms with E-state index >= 15 is 0 Å². The Bertz CT molecular complexity index is 323. The van der Waals surface area contributed by atoms with Crippen molar-refractivity contribution < 1.29 is 8.78 Å². The van der Waals surface area contributed by atoms with Gasteiger partial charge >= 0.3 is 0 Å². The third-order valence-corrected chi connectivity index (χ3v) is 2.48. The van der Waals surface area contributed by atoms with Crippen molar-refractivity contribution in [1.82, 2.24) is 15.0 Å². The Labute approximate surface area is 80.1 Å². The highest BCUT2D eigenvalue weighted by atomic mass is 19.3. The number of anilines is 1. The number of hydrogen-bond acceptors (Lipinski definition) is 3. The van der Waals surface area contributed by atoms with Crippen molar-refractivity contribution >= 4 is 5.82 Å². The first kappa shape index (κ1) is 9.36. The summed E-state index contributed by atoms with van der Waals surface area (Å²) in [5, 5.41) is 7.72. The van der Waals surface area contributed by atoms with Crippen LogP contribution in [0.3, 0.4) is 0 Å². The number of alkyl halides is 2. The highest BCUT2D eigenvalue weighted by molar-refractivity contribution is 5.19. The molecular formula is C8H12F2N4. The van der Waals surface area contributed by atoms with Crippen molar-refractivity contribution in [3.05, 3.63) is 6.20 Å². The smallest absolute Gasteiger partial charge is 0.248 e. The first-order valence-electron chi connectivity index (χ1n) is 4.59. The molecule has 1 saturated carbocycles. The van der Waals surface area contributed by atoms with E-state index in [0.717, 1.165) is 0 Å². The minimum Gasteiger partial charge on any atom is -0.381 e. The summed E-state index contributed by atoms with van der Waals surface area (Å²) in [5.74, 6) is -2.20. The Morgan fingerprint density at radius 3 is 2.93 bits per heavy atom. The van der Waals surface area contributed by atoms with E-state index in [0.29, 0.717) is 18.8 Å². The molecular weight excluding hydrogens is 190 g/mol. The third kappa shape index (κ3) is 2.00. The second kappa shape index (κ2) is 3.18. The van der Waals surface area contributed by atoms with Crippen LogP contribution in [0.1, 0.15) is 19.3 Å². The largest absolute Gasteiger partial charge is 0.381 e. The molecule has 78 valence electrons. The maximum Gasteiger partial charge on any atom is 0.248 e. The molecule has 0 radical (unpaired) electrons. The van der Waals surface area contributed by atoms with E-state index in [1.54, 1.807) is 0 Å². The summed E-state index contributed by atoms with van der Waals surface area (Å²) in [4.78, 5) is 1.39. The minimum absolute atomic E-state index is 0.0194. The molecule has 1 aliphatic carbocycles. The van der Waals surface area contributed by atoms with Gasteiger partial charge in [0, 0.05) is 12.8 Å². The summed E-state index contributed by atoms with van der Waals surface area (Å²) >= 11 is 0. The highest BCUT2D eigenvalue weighted by Crippen LogP contribution is 2.39.